The molecule has 2 N–H and O–H groups in total. The van der Waals surface area contributed by atoms with E-state index in [1.54, 1.807) is 6.20 Å². The highest BCUT2D eigenvalue weighted by Crippen LogP contribution is 2.22. The first-order valence-corrected chi connectivity index (χ1v) is 10.9. The highest BCUT2D eigenvalue weighted by atomic mass is 16.2. The minimum absolute atomic E-state index is 0.0739. The Hall–Kier alpha value is -2.87. The summed E-state index contributed by atoms with van der Waals surface area (Å²) in [6.07, 6.45) is 5.45. The minimum Gasteiger partial charge on any atom is -0.310 e. The predicted molar refractivity (Wildman–Crippen MR) is 120 cm³/mol. The number of H-pyrrole nitrogens is 1. The van der Waals surface area contributed by atoms with Gasteiger partial charge in [-0.3, -0.25) is 19.5 Å². The van der Waals surface area contributed by atoms with Crippen LogP contribution in [0.25, 0.3) is 0 Å². The first-order valence-electron chi connectivity index (χ1n) is 10.9. The Morgan fingerprint density at radius 1 is 1.26 bits per heavy atom. The van der Waals surface area contributed by atoms with Crippen LogP contribution in [0.3, 0.4) is 0 Å². The maximum Gasteiger partial charge on any atom is 0.255 e. The van der Waals surface area contributed by atoms with Crippen LogP contribution in [-0.2, 0) is 24.3 Å². The van der Waals surface area contributed by atoms with Crippen molar-refractivity contribution in [2.45, 2.75) is 59.5 Å². The van der Waals surface area contributed by atoms with Crippen molar-refractivity contribution < 1.29 is 4.79 Å². The normalized spacial score (nSPS) is 17.1. The summed E-state index contributed by atoms with van der Waals surface area (Å²) >= 11 is 0. The molecule has 2 aromatic rings. The first-order chi connectivity index (χ1) is 14.8. The minimum atomic E-state index is -0.502. The van der Waals surface area contributed by atoms with Gasteiger partial charge >= 0.3 is 0 Å². The average molecular weight is 423 g/mol. The molecule has 0 aromatic carbocycles. The number of aliphatic imine (C=N–C) groups is 1. The van der Waals surface area contributed by atoms with Crippen molar-refractivity contribution in [1.82, 2.24) is 19.9 Å². The number of hydrogen-bond acceptors (Lipinski definition) is 6. The summed E-state index contributed by atoms with van der Waals surface area (Å²) in [6, 6.07) is 3.83. The van der Waals surface area contributed by atoms with Gasteiger partial charge in [0.25, 0.3) is 5.56 Å². The second-order valence-corrected chi connectivity index (χ2v) is 9.30. The molecule has 8 heteroatoms. The second-order valence-electron chi connectivity index (χ2n) is 9.30. The van der Waals surface area contributed by atoms with E-state index >= 15 is 0 Å². The number of nitrogens with zero attached hydrogens (tertiary/aromatic N) is 4. The summed E-state index contributed by atoms with van der Waals surface area (Å²) in [4.78, 5) is 44.0. The first kappa shape index (κ1) is 21.4. The molecule has 2 aliphatic heterocycles. The second kappa shape index (κ2) is 8.70. The van der Waals surface area contributed by atoms with Gasteiger partial charge in [-0.15, -0.1) is 0 Å². The number of hydrogen-bond donors (Lipinski definition) is 2. The molecule has 0 unspecified atom stereocenters. The van der Waals surface area contributed by atoms with Crippen LogP contribution < -0.4 is 10.9 Å². The van der Waals surface area contributed by atoms with Crippen LogP contribution in [0.5, 0.6) is 0 Å². The number of pyridine rings is 1. The zero-order valence-corrected chi connectivity index (χ0v) is 18.5. The molecule has 0 spiro atoms. The third kappa shape index (κ3) is 4.90. The van der Waals surface area contributed by atoms with E-state index in [0.29, 0.717) is 31.2 Å². The van der Waals surface area contributed by atoms with E-state index in [2.05, 4.69) is 25.2 Å². The van der Waals surface area contributed by atoms with Crippen molar-refractivity contribution in [2.24, 2.45) is 10.4 Å². The van der Waals surface area contributed by atoms with E-state index in [-0.39, 0.29) is 11.5 Å². The van der Waals surface area contributed by atoms with Crippen LogP contribution in [0.15, 0.2) is 28.1 Å². The highest BCUT2D eigenvalue weighted by molar-refractivity contribution is 5.97. The molecule has 0 saturated carbocycles. The fourth-order valence-corrected chi connectivity index (χ4v) is 3.86. The van der Waals surface area contributed by atoms with Crippen molar-refractivity contribution in [1.29, 1.82) is 0 Å². The summed E-state index contributed by atoms with van der Waals surface area (Å²) in [5.41, 5.74) is 2.86. The van der Waals surface area contributed by atoms with E-state index < -0.39 is 5.41 Å². The van der Waals surface area contributed by atoms with Gasteiger partial charge in [0.15, 0.2) is 5.82 Å². The van der Waals surface area contributed by atoms with Gasteiger partial charge in [-0.25, -0.2) is 9.97 Å². The molecule has 164 valence electrons. The van der Waals surface area contributed by atoms with Crippen molar-refractivity contribution in [3.8, 4) is 0 Å². The lowest BCUT2D eigenvalue weighted by molar-refractivity contribution is -0.123. The van der Waals surface area contributed by atoms with Gasteiger partial charge in [0.1, 0.15) is 5.82 Å². The average Bonchev–Trinajstić information content (AvgIpc) is 2.75. The van der Waals surface area contributed by atoms with Crippen molar-refractivity contribution in [3.05, 3.63) is 51.3 Å². The lowest BCUT2D eigenvalue weighted by atomic mass is 9.95. The van der Waals surface area contributed by atoms with Gasteiger partial charge in [0.05, 0.1) is 17.0 Å². The molecule has 0 fully saturated rings. The SMILES string of the molecule is CC(C)(C)C(=O)Nc1ncccc1CN1CCc2nc(C3=NCCCC3)[nH]c(=O)c2C1. The summed E-state index contributed by atoms with van der Waals surface area (Å²) in [5.74, 6) is 1.14. The number of aromatic amines is 1. The Kier molecular flexibility index (Phi) is 6.00. The quantitative estimate of drug-likeness (QED) is 0.788. The molecular weight excluding hydrogens is 392 g/mol. The van der Waals surface area contributed by atoms with Crippen LogP contribution in [0.1, 0.15) is 62.7 Å². The van der Waals surface area contributed by atoms with Crippen molar-refractivity contribution >= 4 is 17.4 Å². The summed E-state index contributed by atoms with van der Waals surface area (Å²) in [6.45, 7) is 8.34. The van der Waals surface area contributed by atoms with Crippen LogP contribution in [0.4, 0.5) is 5.82 Å². The number of anilines is 1. The number of fused-ring (bicyclic) bond motifs is 1. The maximum absolute atomic E-state index is 12.8. The Bertz CT molecular complexity index is 1070. The Morgan fingerprint density at radius 3 is 2.84 bits per heavy atom. The third-order valence-corrected chi connectivity index (χ3v) is 5.74. The van der Waals surface area contributed by atoms with E-state index in [1.165, 1.54) is 0 Å². The predicted octanol–water partition coefficient (Wildman–Crippen LogP) is 2.68. The Morgan fingerprint density at radius 2 is 2.10 bits per heavy atom. The lowest BCUT2D eigenvalue weighted by Crippen LogP contribution is -2.36. The molecule has 2 aromatic heterocycles. The van der Waals surface area contributed by atoms with Gasteiger partial charge < -0.3 is 10.3 Å². The largest absolute Gasteiger partial charge is 0.310 e. The number of carbonyl (C=O) groups excluding carboxylic acids is 1. The molecule has 0 bridgehead atoms. The topological polar surface area (TPSA) is 103 Å². The molecule has 2 aliphatic rings. The summed E-state index contributed by atoms with van der Waals surface area (Å²) in [5, 5.41) is 2.94. The Labute approximate surface area is 182 Å². The van der Waals surface area contributed by atoms with Gasteiger partial charge in [-0.1, -0.05) is 26.8 Å². The van der Waals surface area contributed by atoms with Crippen molar-refractivity contribution in [2.75, 3.05) is 18.4 Å². The monoisotopic (exact) mass is 422 g/mol. The van der Waals surface area contributed by atoms with Crippen LogP contribution >= 0.6 is 0 Å². The lowest BCUT2D eigenvalue weighted by Gasteiger charge is -2.28. The van der Waals surface area contributed by atoms with E-state index in [9.17, 15) is 9.59 Å². The molecule has 0 atom stereocenters. The molecule has 0 radical (unpaired) electrons. The zero-order valence-electron chi connectivity index (χ0n) is 18.5. The maximum atomic E-state index is 12.8. The standard InChI is InChI=1S/C23H30N6O2/c1-23(2,3)22(31)28-19-15(7-6-11-25-19)13-29-12-9-17-16(14-29)21(30)27-20(26-17)18-8-4-5-10-24-18/h6-7,11H,4-5,8-10,12-14H2,1-3H3,(H,25,28,31)(H,26,27,30). The number of nitrogens with one attached hydrogen (secondary N) is 2. The third-order valence-electron chi connectivity index (χ3n) is 5.74. The summed E-state index contributed by atoms with van der Waals surface area (Å²) < 4.78 is 0. The molecule has 0 aliphatic carbocycles. The van der Waals surface area contributed by atoms with Crippen LogP contribution in [-0.4, -0.2) is 44.6 Å². The van der Waals surface area contributed by atoms with Gasteiger partial charge in [0.2, 0.25) is 5.91 Å². The number of aromatic nitrogens is 3. The van der Waals surface area contributed by atoms with Crippen LogP contribution in [0, 0.1) is 5.41 Å². The fraction of sp³-hybridized carbons (Fsp3) is 0.522. The Balaban J connectivity index is 1.51. The van der Waals surface area contributed by atoms with E-state index in [1.807, 2.05) is 32.9 Å². The van der Waals surface area contributed by atoms with Gasteiger partial charge in [-0.05, 0) is 25.3 Å². The molecule has 4 rings (SSSR count). The number of carbonyl (C=O) groups is 1. The van der Waals surface area contributed by atoms with E-state index in [0.717, 1.165) is 54.9 Å². The number of rotatable bonds is 4. The molecule has 0 saturated heterocycles. The van der Waals surface area contributed by atoms with Crippen LogP contribution in [0.2, 0.25) is 0 Å². The van der Waals surface area contributed by atoms with Gasteiger partial charge in [0, 0.05) is 49.8 Å². The van der Waals surface area contributed by atoms with E-state index in [4.69, 9.17) is 4.98 Å². The highest BCUT2D eigenvalue weighted by Gasteiger charge is 2.25. The molecule has 8 nitrogen and oxygen atoms in total. The number of amides is 1. The molecule has 31 heavy (non-hydrogen) atoms. The molecular formula is C23H30N6O2. The molecule has 4 heterocycles. The van der Waals surface area contributed by atoms with Crippen molar-refractivity contribution in [3.63, 3.8) is 0 Å². The fourth-order valence-electron chi connectivity index (χ4n) is 3.86. The summed E-state index contributed by atoms with van der Waals surface area (Å²) in [7, 11) is 0. The zero-order chi connectivity index (χ0) is 22.0. The smallest absolute Gasteiger partial charge is 0.255 e. The molecule has 1 amide bonds. The van der Waals surface area contributed by atoms with Gasteiger partial charge in [-0.2, -0.15) is 0 Å².